The van der Waals surface area contributed by atoms with Crippen molar-refractivity contribution in [1.82, 2.24) is 0 Å². The van der Waals surface area contributed by atoms with Crippen LogP contribution < -0.4 is 9.47 Å². The molecule has 3 fully saturated rings. The molecule has 0 aromatic carbocycles. The van der Waals surface area contributed by atoms with E-state index >= 15 is 0 Å². The monoisotopic (exact) mass is 281 g/mol. The zero-order valence-electron chi connectivity index (χ0n) is 12.7. The van der Waals surface area contributed by atoms with Crippen molar-refractivity contribution in [2.24, 2.45) is 7.05 Å². The predicted molar refractivity (Wildman–Crippen MR) is 80.1 cm³/mol. The van der Waals surface area contributed by atoms with E-state index in [4.69, 9.17) is 4.42 Å². The molecule has 21 heavy (non-hydrogen) atoms. The highest BCUT2D eigenvalue weighted by Crippen LogP contribution is 2.66. The molecule has 2 aromatic rings. The van der Waals surface area contributed by atoms with Crippen molar-refractivity contribution in [3.05, 3.63) is 48.0 Å². The first-order chi connectivity index (χ1) is 10.2. The molecular weight excluding hydrogens is 260 g/mol. The number of piperidine rings is 2. The van der Waals surface area contributed by atoms with Gasteiger partial charge in [0.25, 0.3) is 5.82 Å². The van der Waals surface area contributed by atoms with Crippen LogP contribution in [0.4, 0.5) is 5.82 Å². The predicted octanol–water partition coefficient (Wildman–Crippen LogP) is 3.03. The highest BCUT2D eigenvalue weighted by Gasteiger charge is 2.71. The van der Waals surface area contributed by atoms with Crippen molar-refractivity contribution in [1.29, 1.82) is 0 Å². The van der Waals surface area contributed by atoms with Crippen molar-refractivity contribution in [2.45, 2.75) is 49.6 Å². The average molecular weight is 281 g/mol. The van der Waals surface area contributed by atoms with Crippen molar-refractivity contribution in [3.8, 4) is 0 Å². The fourth-order valence-corrected chi connectivity index (χ4v) is 5.46. The third-order valence-electron chi connectivity index (χ3n) is 6.52. The summed E-state index contributed by atoms with van der Waals surface area (Å²) in [7, 11) is 2.15. The number of aromatic nitrogens is 1. The van der Waals surface area contributed by atoms with Crippen LogP contribution in [-0.4, -0.2) is 6.04 Å². The van der Waals surface area contributed by atoms with Gasteiger partial charge in [0.05, 0.1) is 19.5 Å². The number of furan rings is 1. The van der Waals surface area contributed by atoms with E-state index in [1.165, 1.54) is 42.8 Å². The minimum atomic E-state index is 0.0807. The number of hydrogen-bond donors (Lipinski definition) is 0. The molecule has 0 radical (unpaired) electrons. The number of pyridine rings is 1. The van der Waals surface area contributed by atoms with E-state index in [0.717, 1.165) is 0 Å². The molecule has 6 aliphatic rings. The smallest absolute Gasteiger partial charge is 0.277 e. The first kappa shape index (κ1) is 11.8. The zero-order chi connectivity index (χ0) is 14.2. The summed E-state index contributed by atoms with van der Waals surface area (Å²) in [4.78, 5) is 2.66. The third kappa shape index (κ3) is 1.13. The lowest BCUT2D eigenvalue weighted by Crippen LogP contribution is -2.72. The minimum Gasteiger partial charge on any atom is -0.464 e. The fourth-order valence-electron chi connectivity index (χ4n) is 5.46. The van der Waals surface area contributed by atoms with Gasteiger partial charge < -0.3 is 4.42 Å². The van der Waals surface area contributed by atoms with Crippen LogP contribution in [0.1, 0.15) is 43.9 Å². The summed E-state index contributed by atoms with van der Waals surface area (Å²) in [6.45, 7) is 2.41. The van der Waals surface area contributed by atoms with E-state index < -0.39 is 0 Å². The molecule has 3 heteroatoms. The number of rotatable bonds is 1. The normalized spacial score (nSPS) is 36.1. The summed E-state index contributed by atoms with van der Waals surface area (Å²) in [6, 6.07) is 9.28. The van der Waals surface area contributed by atoms with E-state index in [0.29, 0.717) is 11.5 Å². The maximum Gasteiger partial charge on any atom is 0.277 e. The first-order valence-corrected chi connectivity index (χ1v) is 8.02. The highest BCUT2D eigenvalue weighted by molar-refractivity contribution is 5.57. The van der Waals surface area contributed by atoms with Crippen molar-refractivity contribution < 1.29 is 8.98 Å². The van der Waals surface area contributed by atoms with Crippen LogP contribution in [0.5, 0.6) is 0 Å². The van der Waals surface area contributed by atoms with E-state index in [2.05, 4.69) is 53.9 Å². The Balaban J connectivity index is 1.80. The topological polar surface area (TPSA) is 20.3 Å². The second-order valence-electron chi connectivity index (χ2n) is 7.07. The first-order valence-electron chi connectivity index (χ1n) is 8.02. The molecule has 1 saturated carbocycles. The maximum atomic E-state index is 6.00. The average Bonchev–Trinajstić information content (AvgIpc) is 3.02. The lowest BCUT2D eigenvalue weighted by atomic mass is 9.49. The fraction of sp³-hybridized carbons (Fsp3) is 0.500. The standard InChI is InChI=1S/C18H21N2O/c1-13-17-7-9-18(10-8-17,16-14(17)6-12-21-16)20(13)15-5-3-4-11-19(15)2/h3-6,11-13H,7-10H2,1-2H3/q+1. The second-order valence-corrected chi connectivity index (χ2v) is 7.07. The summed E-state index contributed by atoms with van der Waals surface area (Å²) < 4.78 is 8.25. The van der Waals surface area contributed by atoms with Gasteiger partial charge in [-0.2, -0.15) is 0 Å². The van der Waals surface area contributed by atoms with Crippen LogP contribution >= 0.6 is 0 Å². The molecule has 0 spiro atoms. The molecule has 3 aliphatic carbocycles. The molecule has 1 atom stereocenters. The molecule has 0 N–H and O–H groups in total. The van der Waals surface area contributed by atoms with Crippen molar-refractivity contribution in [3.63, 3.8) is 0 Å². The van der Waals surface area contributed by atoms with Crippen LogP contribution in [0, 0.1) is 0 Å². The van der Waals surface area contributed by atoms with E-state index in [9.17, 15) is 0 Å². The Morgan fingerprint density at radius 3 is 2.76 bits per heavy atom. The van der Waals surface area contributed by atoms with Crippen LogP contribution in [0.25, 0.3) is 0 Å². The second kappa shape index (κ2) is 3.52. The Bertz CT molecular complexity index is 724. The SMILES string of the molecule is CC1N(c2cccc[n+]2C)C23CCC1(CC2)c1ccoc13. The Labute approximate surface area is 125 Å². The van der Waals surface area contributed by atoms with Gasteiger partial charge in [-0.05, 0) is 44.7 Å². The summed E-state index contributed by atoms with van der Waals surface area (Å²) in [5.41, 5.74) is 1.88. The molecule has 3 aliphatic heterocycles. The molecule has 108 valence electrons. The summed E-state index contributed by atoms with van der Waals surface area (Å²) in [5.74, 6) is 2.57. The molecule has 2 bridgehead atoms. The van der Waals surface area contributed by atoms with E-state index in [-0.39, 0.29) is 5.54 Å². The summed E-state index contributed by atoms with van der Waals surface area (Å²) >= 11 is 0. The molecule has 3 nitrogen and oxygen atoms in total. The van der Waals surface area contributed by atoms with Gasteiger partial charge in [0, 0.05) is 17.0 Å². The van der Waals surface area contributed by atoms with Crippen LogP contribution in [-0.2, 0) is 18.0 Å². The maximum absolute atomic E-state index is 6.00. The Morgan fingerprint density at radius 1 is 1.19 bits per heavy atom. The minimum absolute atomic E-state index is 0.0807. The molecule has 8 rings (SSSR count). The molecule has 1 unspecified atom stereocenters. The van der Waals surface area contributed by atoms with Gasteiger partial charge in [-0.3, -0.25) is 0 Å². The number of aryl methyl sites for hydroxylation is 1. The van der Waals surface area contributed by atoms with Crippen LogP contribution in [0.15, 0.2) is 41.1 Å². The Kier molecular flexibility index (Phi) is 1.98. The summed E-state index contributed by atoms with van der Waals surface area (Å²) in [5, 5.41) is 0. The van der Waals surface area contributed by atoms with Crippen molar-refractivity contribution >= 4 is 5.82 Å². The van der Waals surface area contributed by atoms with Gasteiger partial charge in [-0.1, -0.05) is 6.07 Å². The van der Waals surface area contributed by atoms with Gasteiger partial charge in [-0.15, -0.1) is 0 Å². The van der Waals surface area contributed by atoms with E-state index in [1.54, 1.807) is 0 Å². The quantitative estimate of drug-likeness (QED) is 0.749. The molecule has 0 amide bonds. The Hall–Kier alpha value is -1.77. The number of anilines is 1. The molecule has 2 aromatic heterocycles. The van der Waals surface area contributed by atoms with Crippen LogP contribution in [0.2, 0.25) is 0 Å². The molecule has 2 saturated heterocycles. The van der Waals surface area contributed by atoms with Gasteiger partial charge >= 0.3 is 0 Å². The lowest BCUT2D eigenvalue weighted by Gasteiger charge is -2.63. The zero-order valence-corrected chi connectivity index (χ0v) is 12.7. The summed E-state index contributed by atoms with van der Waals surface area (Å²) in [6.07, 6.45) is 9.14. The van der Waals surface area contributed by atoms with Crippen LogP contribution in [0.3, 0.4) is 0 Å². The molecular formula is C18H21N2O+. The third-order valence-corrected chi connectivity index (χ3v) is 6.52. The number of hydrogen-bond acceptors (Lipinski definition) is 2. The molecule has 5 heterocycles. The van der Waals surface area contributed by atoms with Gasteiger partial charge in [0.1, 0.15) is 6.04 Å². The number of nitrogens with zero attached hydrogens (tertiary/aromatic N) is 2. The van der Waals surface area contributed by atoms with Gasteiger partial charge in [-0.25, -0.2) is 9.47 Å². The van der Waals surface area contributed by atoms with Gasteiger partial charge in [0.15, 0.2) is 11.3 Å². The highest BCUT2D eigenvalue weighted by atomic mass is 16.3. The largest absolute Gasteiger partial charge is 0.464 e. The van der Waals surface area contributed by atoms with Gasteiger partial charge in [0.2, 0.25) is 0 Å². The lowest BCUT2D eigenvalue weighted by molar-refractivity contribution is -0.659. The van der Waals surface area contributed by atoms with Crippen molar-refractivity contribution in [2.75, 3.05) is 4.90 Å². The van der Waals surface area contributed by atoms with E-state index in [1.807, 2.05) is 6.26 Å². The Morgan fingerprint density at radius 2 is 2.00 bits per heavy atom.